The monoisotopic (exact) mass is 324 g/mol. The largest absolute Gasteiger partial charge is 0.396 e. The predicted molar refractivity (Wildman–Crippen MR) is 85.8 cm³/mol. The van der Waals surface area contributed by atoms with E-state index in [1.54, 1.807) is 0 Å². The first-order valence-corrected chi connectivity index (χ1v) is 8.01. The summed E-state index contributed by atoms with van der Waals surface area (Å²) in [4.78, 5) is 11.4. The summed E-state index contributed by atoms with van der Waals surface area (Å²) in [5, 5.41) is 25.1. The van der Waals surface area contributed by atoms with Gasteiger partial charge in [-0.25, -0.2) is 4.39 Å². The van der Waals surface area contributed by atoms with Crippen LogP contribution in [0.3, 0.4) is 0 Å². The first-order valence-electron chi connectivity index (χ1n) is 8.01. The van der Waals surface area contributed by atoms with Gasteiger partial charge in [0.05, 0.1) is 0 Å². The smallest absolute Gasteiger partial charge is 0.221 e. The molecule has 0 aromatic heterocycles. The second kappa shape index (κ2) is 8.38. The molecule has 5 atom stereocenters. The minimum absolute atomic E-state index is 0.00728. The second-order valence-electron chi connectivity index (χ2n) is 6.06. The molecule has 1 heterocycles. The third-order valence-electron chi connectivity index (χ3n) is 4.55. The highest BCUT2D eigenvalue weighted by Crippen LogP contribution is 2.27. The molecule has 1 aromatic rings. The van der Waals surface area contributed by atoms with Crippen molar-refractivity contribution in [2.24, 2.45) is 0 Å². The van der Waals surface area contributed by atoms with Crippen molar-refractivity contribution in [2.75, 3.05) is 13.7 Å². The number of halogens is 1. The summed E-state index contributed by atoms with van der Waals surface area (Å²) in [5.41, 5.74) is 1.03. The Morgan fingerprint density at radius 1 is 1.35 bits per heavy atom. The second-order valence-corrected chi connectivity index (χ2v) is 6.06. The van der Waals surface area contributed by atoms with E-state index in [2.05, 4.69) is 10.6 Å². The fraction of sp³-hybridized carbons (Fsp3) is 0.588. The summed E-state index contributed by atoms with van der Waals surface area (Å²) >= 11 is 0. The van der Waals surface area contributed by atoms with Crippen LogP contribution in [-0.4, -0.2) is 54.1 Å². The SMILES string of the molecule is CNC(=O)C[C@H]1N[C@H](CCC(CO)c2ccccc2)[C@@H](O)[C@@H]1F. The van der Waals surface area contributed by atoms with Gasteiger partial charge in [-0.1, -0.05) is 30.3 Å². The summed E-state index contributed by atoms with van der Waals surface area (Å²) in [5.74, 6) is -0.295. The molecule has 23 heavy (non-hydrogen) atoms. The van der Waals surface area contributed by atoms with E-state index < -0.39 is 24.4 Å². The molecule has 0 saturated carbocycles. The lowest BCUT2D eigenvalue weighted by Gasteiger charge is -2.19. The van der Waals surface area contributed by atoms with Gasteiger partial charge in [0.15, 0.2) is 0 Å². The molecule has 1 saturated heterocycles. The highest BCUT2D eigenvalue weighted by Gasteiger charge is 2.42. The number of rotatable bonds is 7. The Morgan fingerprint density at radius 2 is 2.04 bits per heavy atom. The van der Waals surface area contributed by atoms with Gasteiger partial charge in [0.25, 0.3) is 0 Å². The molecular weight excluding hydrogens is 299 g/mol. The molecule has 0 radical (unpaired) electrons. The highest BCUT2D eigenvalue weighted by atomic mass is 19.1. The van der Waals surface area contributed by atoms with Crippen LogP contribution in [0.15, 0.2) is 30.3 Å². The van der Waals surface area contributed by atoms with Crippen molar-refractivity contribution in [3.05, 3.63) is 35.9 Å². The van der Waals surface area contributed by atoms with E-state index in [-0.39, 0.29) is 24.9 Å². The first-order chi connectivity index (χ1) is 11.1. The number of carbonyl (C=O) groups excluding carboxylic acids is 1. The first kappa shape index (κ1) is 17.8. The number of amides is 1. The lowest BCUT2D eigenvalue weighted by Crippen LogP contribution is -2.37. The third kappa shape index (κ3) is 4.50. The Bertz CT molecular complexity index is 500. The minimum Gasteiger partial charge on any atom is -0.396 e. The number of aliphatic hydroxyl groups excluding tert-OH is 2. The van der Waals surface area contributed by atoms with Crippen LogP contribution >= 0.6 is 0 Å². The average molecular weight is 324 g/mol. The molecule has 1 aliphatic rings. The number of benzene rings is 1. The summed E-state index contributed by atoms with van der Waals surface area (Å²) in [6.45, 7) is 0.00749. The van der Waals surface area contributed by atoms with E-state index in [4.69, 9.17) is 0 Å². The number of nitrogens with one attached hydrogen (secondary N) is 2. The van der Waals surface area contributed by atoms with Crippen LogP contribution in [0.1, 0.15) is 30.7 Å². The van der Waals surface area contributed by atoms with Crippen molar-refractivity contribution in [2.45, 2.75) is 49.5 Å². The van der Waals surface area contributed by atoms with E-state index in [1.165, 1.54) is 7.05 Å². The molecule has 0 bridgehead atoms. The number of alkyl halides is 1. The Labute approximate surface area is 135 Å². The molecule has 5 nitrogen and oxygen atoms in total. The van der Waals surface area contributed by atoms with Gasteiger partial charge in [-0.15, -0.1) is 0 Å². The zero-order valence-electron chi connectivity index (χ0n) is 13.3. The van der Waals surface area contributed by atoms with Crippen LogP contribution in [0.2, 0.25) is 0 Å². The maximum Gasteiger partial charge on any atom is 0.221 e. The van der Waals surface area contributed by atoms with Crippen molar-refractivity contribution in [3.63, 3.8) is 0 Å². The van der Waals surface area contributed by atoms with Crippen LogP contribution in [0.4, 0.5) is 4.39 Å². The normalized spacial score (nSPS) is 28.5. The van der Waals surface area contributed by atoms with Gasteiger partial charge in [0.2, 0.25) is 5.91 Å². The number of hydrogen-bond acceptors (Lipinski definition) is 4. The van der Waals surface area contributed by atoms with Crippen molar-refractivity contribution >= 4 is 5.91 Å². The van der Waals surface area contributed by atoms with Crippen molar-refractivity contribution in [1.29, 1.82) is 0 Å². The van der Waals surface area contributed by atoms with Gasteiger partial charge in [-0.3, -0.25) is 4.79 Å². The zero-order valence-corrected chi connectivity index (χ0v) is 13.3. The molecular formula is C17H25FN2O3. The van der Waals surface area contributed by atoms with E-state index >= 15 is 0 Å². The molecule has 0 spiro atoms. The number of carbonyl (C=O) groups is 1. The van der Waals surface area contributed by atoms with Gasteiger partial charge in [-0.05, 0) is 18.4 Å². The lowest BCUT2D eigenvalue weighted by atomic mass is 9.92. The standard InChI is InChI=1S/C17H25FN2O3/c1-19-15(22)9-14-16(18)17(23)13(20-14)8-7-12(10-21)11-5-3-2-4-6-11/h2-6,12-14,16-17,20-21,23H,7-10H2,1H3,(H,19,22)/t12?,13-,14-,16-,17-/m1/s1. The van der Waals surface area contributed by atoms with Crippen molar-refractivity contribution < 1.29 is 19.4 Å². The molecule has 128 valence electrons. The lowest BCUT2D eigenvalue weighted by molar-refractivity contribution is -0.121. The summed E-state index contributed by atoms with van der Waals surface area (Å²) < 4.78 is 14.1. The van der Waals surface area contributed by atoms with Crippen LogP contribution in [-0.2, 0) is 4.79 Å². The van der Waals surface area contributed by atoms with Gasteiger partial charge in [-0.2, -0.15) is 0 Å². The summed E-state index contributed by atoms with van der Waals surface area (Å²) in [6, 6.07) is 8.57. The summed E-state index contributed by atoms with van der Waals surface area (Å²) in [6.07, 6.45) is -1.41. The van der Waals surface area contributed by atoms with Crippen LogP contribution < -0.4 is 10.6 Å². The molecule has 1 aromatic carbocycles. The summed E-state index contributed by atoms with van der Waals surface area (Å²) in [7, 11) is 1.50. The topological polar surface area (TPSA) is 81.6 Å². The molecule has 1 unspecified atom stereocenters. The van der Waals surface area contributed by atoms with Crippen molar-refractivity contribution in [1.82, 2.24) is 10.6 Å². The van der Waals surface area contributed by atoms with Gasteiger partial charge >= 0.3 is 0 Å². The third-order valence-corrected chi connectivity index (χ3v) is 4.55. The van der Waals surface area contributed by atoms with Gasteiger partial charge in [0, 0.05) is 38.1 Å². The zero-order chi connectivity index (χ0) is 16.8. The fourth-order valence-electron chi connectivity index (χ4n) is 3.12. The Morgan fingerprint density at radius 3 is 2.65 bits per heavy atom. The van der Waals surface area contributed by atoms with Gasteiger partial charge < -0.3 is 20.8 Å². The maximum absolute atomic E-state index is 14.1. The van der Waals surface area contributed by atoms with Crippen molar-refractivity contribution in [3.8, 4) is 0 Å². The molecule has 1 fully saturated rings. The fourth-order valence-corrected chi connectivity index (χ4v) is 3.12. The predicted octanol–water partition coefficient (Wildman–Crippen LogP) is 0.718. The van der Waals surface area contributed by atoms with E-state index in [0.717, 1.165) is 5.56 Å². The number of hydrogen-bond donors (Lipinski definition) is 4. The van der Waals surface area contributed by atoms with Gasteiger partial charge in [0.1, 0.15) is 12.3 Å². The number of aliphatic hydroxyl groups is 2. The van der Waals surface area contributed by atoms with E-state index in [0.29, 0.717) is 12.8 Å². The molecule has 1 amide bonds. The van der Waals surface area contributed by atoms with E-state index in [1.807, 2.05) is 30.3 Å². The molecule has 0 aliphatic carbocycles. The average Bonchev–Trinajstić information content (AvgIpc) is 2.84. The molecule has 2 rings (SSSR count). The molecule has 6 heteroatoms. The quantitative estimate of drug-likeness (QED) is 0.596. The Balaban J connectivity index is 1.91. The van der Waals surface area contributed by atoms with Crippen LogP contribution in [0.25, 0.3) is 0 Å². The van der Waals surface area contributed by atoms with Crippen LogP contribution in [0.5, 0.6) is 0 Å². The molecule has 4 N–H and O–H groups in total. The Kier molecular flexibility index (Phi) is 6.50. The Hall–Kier alpha value is -1.50. The van der Waals surface area contributed by atoms with E-state index in [9.17, 15) is 19.4 Å². The molecule has 1 aliphatic heterocycles. The minimum atomic E-state index is -1.46. The maximum atomic E-state index is 14.1. The van der Waals surface area contributed by atoms with Crippen LogP contribution in [0, 0.1) is 0 Å². The highest BCUT2D eigenvalue weighted by molar-refractivity contribution is 5.76.